The Hall–Kier alpha value is -2.61. The second-order valence-corrected chi connectivity index (χ2v) is 11.8. The van der Waals surface area contributed by atoms with Crippen LogP contribution in [0.4, 0.5) is 0 Å². The summed E-state index contributed by atoms with van der Waals surface area (Å²) in [7, 11) is 0. The summed E-state index contributed by atoms with van der Waals surface area (Å²) in [4.78, 5) is 23.3. The third-order valence-electron chi connectivity index (χ3n) is 7.07. The number of carbonyl (C=O) groups is 2. The molecule has 2 aromatic rings. The lowest BCUT2D eigenvalue weighted by Gasteiger charge is -2.33. The third-order valence-corrected chi connectivity index (χ3v) is 7.44. The molecular formula is C32H45ClN2O5. The molecule has 7 nitrogen and oxygen atoms in total. The van der Waals surface area contributed by atoms with Gasteiger partial charge in [-0.25, -0.2) is 0 Å². The topological polar surface area (TPSA) is 85.9 Å². The molecule has 2 aromatic carbocycles. The predicted molar refractivity (Wildman–Crippen MR) is 159 cm³/mol. The van der Waals surface area contributed by atoms with E-state index in [0.29, 0.717) is 44.0 Å². The van der Waals surface area contributed by atoms with Crippen LogP contribution in [0.3, 0.4) is 0 Å². The predicted octanol–water partition coefficient (Wildman–Crippen LogP) is 6.16. The van der Waals surface area contributed by atoms with Gasteiger partial charge < -0.3 is 24.8 Å². The van der Waals surface area contributed by atoms with Crippen LogP contribution in [0.1, 0.15) is 89.5 Å². The van der Waals surface area contributed by atoms with E-state index in [-0.39, 0.29) is 35.7 Å². The van der Waals surface area contributed by atoms with Gasteiger partial charge in [-0.2, -0.15) is 0 Å². The van der Waals surface area contributed by atoms with Gasteiger partial charge >= 0.3 is 5.97 Å². The first kappa shape index (κ1) is 31.9. The van der Waals surface area contributed by atoms with E-state index in [4.69, 9.17) is 25.8 Å². The molecule has 220 valence electrons. The standard InChI is InChI=1S/C32H45ClN2O5/c1-6-15-34-31(37)21-35-32(4,5)14-7-16-38-27-11-8-24(9-12-27)18-26-19-25(10-13-29(26)33)30-20-28(40-23(3)36)17-22(2)39-30/h8-13,19,22,28,30,35H,6-7,14-18,20-21H2,1-5H3,(H,34,37)/t22-,28?,30-/m1/s1. The fourth-order valence-electron chi connectivity index (χ4n) is 4.94. The molecule has 40 heavy (non-hydrogen) atoms. The average Bonchev–Trinajstić information content (AvgIpc) is 2.90. The lowest BCUT2D eigenvalue weighted by molar-refractivity contribution is -0.158. The van der Waals surface area contributed by atoms with E-state index in [1.54, 1.807) is 0 Å². The molecule has 0 radical (unpaired) electrons. The monoisotopic (exact) mass is 572 g/mol. The number of rotatable bonds is 14. The van der Waals surface area contributed by atoms with Gasteiger partial charge in [0.1, 0.15) is 11.9 Å². The van der Waals surface area contributed by atoms with Crippen molar-refractivity contribution < 1.29 is 23.8 Å². The van der Waals surface area contributed by atoms with Crippen LogP contribution in [0.2, 0.25) is 5.02 Å². The minimum absolute atomic E-state index is 0.00848. The number of hydrogen-bond acceptors (Lipinski definition) is 6. The number of nitrogens with one attached hydrogen (secondary N) is 2. The zero-order valence-corrected chi connectivity index (χ0v) is 25.3. The molecule has 1 aliphatic heterocycles. The van der Waals surface area contributed by atoms with Gasteiger partial charge in [0.25, 0.3) is 0 Å². The molecule has 1 unspecified atom stereocenters. The molecule has 0 saturated carbocycles. The van der Waals surface area contributed by atoms with Gasteiger partial charge in [0.05, 0.1) is 25.4 Å². The summed E-state index contributed by atoms with van der Waals surface area (Å²) in [5.41, 5.74) is 3.06. The van der Waals surface area contributed by atoms with Crippen molar-refractivity contribution in [1.82, 2.24) is 10.6 Å². The van der Waals surface area contributed by atoms with E-state index >= 15 is 0 Å². The summed E-state index contributed by atoms with van der Waals surface area (Å²) < 4.78 is 17.6. The van der Waals surface area contributed by atoms with E-state index in [2.05, 4.69) is 42.7 Å². The zero-order valence-electron chi connectivity index (χ0n) is 24.6. The number of amides is 1. The van der Waals surface area contributed by atoms with Crippen molar-refractivity contribution in [3.05, 3.63) is 64.2 Å². The molecule has 3 atom stereocenters. The fraction of sp³-hybridized carbons (Fsp3) is 0.562. The molecular weight excluding hydrogens is 528 g/mol. The van der Waals surface area contributed by atoms with Crippen LogP contribution in [-0.2, 0) is 25.5 Å². The average molecular weight is 573 g/mol. The Bertz CT molecular complexity index is 1100. The zero-order chi connectivity index (χ0) is 29.1. The Balaban J connectivity index is 1.49. The highest BCUT2D eigenvalue weighted by atomic mass is 35.5. The van der Waals surface area contributed by atoms with Gasteiger partial charge in [-0.1, -0.05) is 42.8 Å². The van der Waals surface area contributed by atoms with Gasteiger partial charge in [0.15, 0.2) is 0 Å². The molecule has 2 N–H and O–H groups in total. The van der Waals surface area contributed by atoms with Crippen LogP contribution >= 0.6 is 11.6 Å². The van der Waals surface area contributed by atoms with E-state index in [1.165, 1.54) is 6.92 Å². The van der Waals surface area contributed by atoms with Gasteiger partial charge in [-0.3, -0.25) is 9.59 Å². The van der Waals surface area contributed by atoms with Crippen molar-refractivity contribution in [2.75, 3.05) is 19.7 Å². The van der Waals surface area contributed by atoms with Gasteiger partial charge in [0.2, 0.25) is 5.91 Å². The van der Waals surface area contributed by atoms with Crippen molar-refractivity contribution in [3.8, 4) is 5.75 Å². The maximum absolute atomic E-state index is 11.8. The summed E-state index contributed by atoms with van der Waals surface area (Å²) >= 11 is 6.56. The van der Waals surface area contributed by atoms with Crippen LogP contribution in [0, 0.1) is 0 Å². The second kappa shape index (κ2) is 15.4. The fourth-order valence-corrected chi connectivity index (χ4v) is 5.12. The van der Waals surface area contributed by atoms with Gasteiger partial charge in [0, 0.05) is 36.9 Å². The molecule has 0 aliphatic carbocycles. The van der Waals surface area contributed by atoms with Gasteiger partial charge in [-0.15, -0.1) is 0 Å². The van der Waals surface area contributed by atoms with Crippen molar-refractivity contribution in [2.45, 2.75) is 97.0 Å². The minimum Gasteiger partial charge on any atom is -0.494 e. The number of benzene rings is 2. The largest absolute Gasteiger partial charge is 0.494 e. The molecule has 1 heterocycles. The van der Waals surface area contributed by atoms with E-state index < -0.39 is 0 Å². The summed E-state index contributed by atoms with van der Waals surface area (Å²) in [5.74, 6) is 0.602. The minimum atomic E-state index is -0.258. The molecule has 1 saturated heterocycles. The van der Waals surface area contributed by atoms with Gasteiger partial charge in [-0.05, 0) is 81.3 Å². The molecule has 0 bridgehead atoms. The number of hydrogen-bond donors (Lipinski definition) is 2. The molecule has 1 fully saturated rings. The molecule has 0 aromatic heterocycles. The number of carbonyl (C=O) groups excluding carboxylic acids is 2. The number of esters is 1. The second-order valence-electron chi connectivity index (χ2n) is 11.3. The number of halogens is 1. The Morgan fingerprint density at radius 1 is 1.12 bits per heavy atom. The molecule has 8 heteroatoms. The van der Waals surface area contributed by atoms with Crippen LogP contribution < -0.4 is 15.4 Å². The molecule has 0 spiro atoms. The summed E-state index contributed by atoms with van der Waals surface area (Å²) in [6, 6.07) is 14.1. The van der Waals surface area contributed by atoms with Crippen LogP contribution in [0.25, 0.3) is 0 Å². The summed E-state index contributed by atoms with van der Waals surface area (Å²) in [6.07, 6.45) is 4.46. The highest BCUT2D eigenvalue weighted by molar-refractivity contribution is 6.31. The van der Waals surface area contributed by atoms with Crippen molar-refractivity contribution >= 4 is 23.5 Å². The Kier molecular flexibility index (Phi) is 12.3. The quantitative estimate of drug-likeness (QED) is 0.208. The Morgan fingerprint density at radius 3 is 2.58 bits per heavy atom. The lowest BCUT2D eigenvalue weighted by atomic mass is 9.94. The van der Waals surface area contributed by atoms with E-state index in [0.717, 1.165) is 41.7 Å². The highest BCUT2D eigenvalue weighted by Crippen LogP contribution is 2.35. The van der Waals surface area contributed by atoms with E-state index in [9.17, 15) is 9.59 Å². The molecule has 1 aliphatic rings. The number of ether oxygens (including phenoxy) is 3. The SMILES string of the molecule is CCCNC(=O)CNC(C)(C)CCCOc1ccc(Cc2cc([C@H]3CC(OC(C)=O)C[C@@H](C)O3)ccc2Cl)cc1. The maximum Gasteiger partial charge on any atom is 0.302 e. The summed E-state index contributed by atoms with van der Waals surface area (Å²) in [5, 5.41) is 6.93. The smallest absolute Gasteiger partial charge is 0.302 e. The normalized spacial score (nSPS) is 19.2. The molecule has 3 rings (SSSR count). The Morgan fingerprint density at radius 2 is 1.88 bits per heavy atom. The summed E-state index contributed by atoms with van der Waals surface area (Å²) in [6.45, 7) is 11.3. The van der Waals surface area contributed by atoms with Crippen LogP contribution in [-0.4, -0.2) is 49.3 Å². The van der Waals surface area contributed by atoms with Crippen LogP contribution in [0.5, 0.6) is 5.75 Å². The maximum atomic E-state index is 11.8. The molecule has 1 amide bonds. The van der Waals surface area contributed by atoms with Crippen LogP contribution in [0.15, 0.2) is 42.5 Å². The highest BCUT2D eigenvalue weighted by Gasteiger charge is 2.30. The first-order valence-corrected chi connectivity index (χ1v) is 14.8. The van der Waals surface area contributed by atoms with Crippen molar-refractivity contribution in [3.63, 3.8) is 0 Å². The first-order valence-electron chi connectivity index (χ1n) is 14.4. The lowest BCUT2D eigenvalue weighted by Crippen LogP contribution is -2.45. The Labute approximate surface area is 244 Å². The van der Waals surface area contributed by atoms with Crippen molar-refractivity contribution in [1.29, 1.82) is 0 Å². The third kappa shape index (κ3) is 10.8. The first-order chi connectivity index (χ1) is 19.0. The van der Waals surface area contributed by atoms with E-state index in [1.807, 2.05) is 38.1 Å². The van der Waals surface area contributed by atoms with Crippen molar-refractivity contribution in [2.24, 2.45) is 0 Å².